The van der Waals surface area contributed by atoms with E-state index in [0.29, 0.717) is 0 Å². The van der Waals surface area contributed by atoms with Gasteiger partial charge >= 0.3 is 0 Å². The van der Waals surface area contributed by atoms with Gasteiger partial charge in [-0.05, 0) is 87.1 Å². The smallest absolute Gasteiger partial charge is 0.0321 e. The third kappa shape index (κ3) is 9.31. The summed E-state index contributed by atoms with van der Waals surface area (Å²) < 4.78 is 5.60. The molecule has 0 N–H and O–H groups in total. The van der Waals surface area contributed by atoms with Gasteiger partial charge in [-0.2, -0.15) is 0 Å². The first-order chi connectivity index (χ1) is 14.6. The Labute approximate surface area is 192 Å². The molecule has 2 atom stereocenters. The summed E-state index contributed by atoms with van der Waals surface area (Å²) >= 11 is 0. The second kappa shape index (κ2) is 15.6. The average Bonchev–Trinajstić information content (AvgIpc) is 2.79. The zero-order chi connectivity index (χ0) is 21.8. The van der Waals surface area contributed by atoms with Gasteiger partial charge in [0.25, 0.3) is 0 Å². The maximum absolute atomic E-state index is 2.80. The molecular weight excluding hydrogens is 404 g/mol. The molecule has 0 aromatic carbocycles. The van der Waals surface area contributed by atoms with Crippen LogP contribution in [0.15, 0.2) is 0 Å². The van der Waals surface area contributed by atoms with Crippen molar-refractivity contribution in [3.05, 3.63) is 0 Å². The molecule has 2 unspecified atom stereocenters. The predicted octanol–water partition coefficient (Wildman–Crippen LogP) is 7.76. The molecule has 5 heteroatoms. The highest BCUT2D eigenvalue weighted by atomic mass is 31.1. The second-order valence-electron chi connectivity index (χ2n) is 10.1. The van der Waals surface area contributed by atoms with Crippen LogP contribution in [-0.2, 0) is 0 Å². The van der Waals surface area contributed by atoms with Gasteiger partial charge in [0.15, 0.2) is 0 Å². The molecule has 30 heavy (non-hydrogen) atoms. The van der Waals surface area contributed by atoms with Gasteiger partial charge in [-0.15, -0.1) is 0 Å². The van der Waals surface area contributed by atoms with Crippen molar-refractivity contribution in [1.82, 2.24) is 14.2 Å². The van der Waals surface area contributed by atoms with Crippen LogP contribution in [0.3, 0.4) is 0 Å². The van der Waals surface area contributed by atoms with E-state index in [4.69, 9.17) is 0 Å². The summed E-state index contributed by atoms with van der Waals surface area (Å²) in [7, 11) is 7.31. The van der Waals surface area contributed by atoms with E-state index in [0.717, 1.165) is 11.3 Å². The minimum Gasteiger partial charge on any atom is -0.296 e. The van der Waals surface area contributed by atoms with Crippen LogP contribution in [-0.4, -0.2) is 72.4 Å². The lowest BCUT2D eigenvalue weighted by Gasteiger charge is -2.42. The molecular formula is C25H53N3P2. The van der Waals surface area contributed by atoms with E-state index in [1.807, 2.05) is 0 Å². The van der Waals surface area contributed by atoms with Crippen LogP contribution in [0, 0.1) is 0 Å². The van der Waals surface area contributed by atoms with Crippen molar-refractivity contribution in [1.29, 1.82) is 0 Å². The summed E-state index contributed by atoms with van der Waals surface area (Å²) in [4.78, 5) is 2.78. The van der Waals surface area contributed by atoms with Gasteiger partial charge in [0.2, 0.25) is 0 Å². The van der Waals surface area contributed by atoms with Crippen molar-refractivity contribution in [2.75, 3.05) is 46.8 Å². The Balaban J connectivity index is 2.01. The molecule has 0 spiro atoms. The number of nitrogens with zero attached hydrogens (tertiary/aromatic N) is 3. The first-order valence-electron chi connectivity index (χ1n) is 13.2. The Bertz CT molecular complexity index is 387. The molecule has 0 radical (unpaired) electrons. The molecule has 178 valence electrons. The zero-order valence-electron chi connectivity index (χ0n) is 21.1. The van der Waals surface area contributed by atoms with Gasteiger partial charge in [-0.25, -0.2) is 0 Å². The molecule has 2 saturated carbocycles. The molecule has 0 aliphatic heterocycles. The maximum Gasteiger partial charge on any atom is 0.0321 e. The van der Waals surface area contributed by atoms with Crippen LogP contribution in [0.25, 0.3) is 0 Å². The third-order valence-electron chi connectivity index (χ3n) is 7.31. The average molecular weight is 458 g/mol. The standard InChI is InChI=1S/C25H53N3P2/c1-6-8-20-27(4)29(24-16-12-10-13-17-24)22-26(3)23-30(28(5)21-9-7-2)25-18-14-11-15-19-25/h24-25H,6-23H2,1-5H3. The van der Waals surface area contributed by atoms with E-state index in [-0.39, 0.29) is 16.1 Å². The number of unbranched alkanes of at least 4 members (excludes halogenated alkanes) is 2. The monoisotopic (exact) mass is 457 g/mol. The first kappa shape index (κ1) is 27.0. The summed E-state index contributed by atoms with van der Waals surface area (Å²) in [5.74, 6) is 0. The van der Waals surface area contributed by atoms with Crippen molar-refractivity contribution < 1.29 is 0 Å². The predicted molar refractivity (Wildman–Crippen MR) is 140 cm³/mol. The van der Waals surface area contributed by atoms with Crippen LogP contribution in [0.2, 0.25) is 0 Å². The van der Waals surface area contributed by atoms with Gasteiger partial charge in [0, 0.05) is 25.7 Å². The molecule has 3 nitrogen and oxygen atoms in total. The molecule has 2 fully saturated rings. The van der Waals surface area contributed by atoms with Crippen LogP contribution in [0.1, 0.15) is 104 Å². The van der Waals surface area contributed by atoms with E-state index >= 15 is 0 Å². The van der Waals surface area contributed by atoms with Gasteiger partial charge in [0.1, 0.15) is 0 Å². The Morgan fingerprint density at radius 3 is 1.30 bits per heavy atom. The van der Waals surface area contributed by atoms with Crippen molar-refractivity contribution in [2.24, 2.45) is 0 Å². The molecule has 0 amide bonds. The summed E-state index contributed by atoms with van der Waals surface area (Å²) in [6.45, 7) is 7.29. The lowest BCUT2D eigenvalue weighted by molar-refractivity contribution is 0.403. The van der Waals surface area contributed by atoms with Crippen molar-refractivity contribution in [3.8, 4) is 0 Å². The molecule has 0 heterocycles. The molecule has 0 saturated heterocycles. The topological polar surface area (TPSA) is 9.72 Å². The molecule has 2 aliphatic rings. The van der Waals surface area contributed by atoms with Crippen LogP contribution >= 0.6 is 16.1 Å². The van der Waals surface area contributed by atoms with E-state index < -0.39 is 0 Å². The quantitative estimate of drug-likeness (QED) is 0.247. The number of hydrogen-bond acceptors (Lipinski definition) is 3. The highest BCUT2D eigenvalue weighted by Crippen LogP contribution is 2.54. The lowest BCUT2D eigenvalue weighted by atomic mass is 10.0. The summed E-state index contributed by atoms with van der Waals surface area (Å²) in [6, 6.07) is 0. The van der Waals surface area contributed by atoms with Crippen LogP contribution in [0.5, 0.6) is 0 Å². The highest BCUT2D eigenvalue weighted by Gasteiger charge is 2.31. The van der Waals surface area contributed by atoms with Gasteiger partial charge in [-0.1, -0.05) is 65.2 Å². The summed E-state index contributed by atoms with van der Waals surface area (Å²) in [5, 5.41) is 0. The number of rotatable bonds is 14. The normalized spacial score (nSPS) is 21.6. The fourth-order valence-electron chi connectivity index (χ4n) is 5.33. The highest BCUT2D eigenvalue weighted by molar-refractivity contribution is 7.56. The van der Waals surface area contributed by atoms with Gasteiger partial charge in [0.05, 0.1) is 0 Å². The fraction of sp³-hybridized carbons (Fsp3) is 1.00. The molecule has 0 bridgehead atoms. The van der Waals surface area contributed by atoms with Gasteiger partial charge < -0.3 is 0 Å². The number of hydrogen-bond donors (Lipinski definition) is 0. The maximum atomic E-state index is 2.80. The second-order valence-corrected chi connectivity index (χ2v) is 15.2. The summed E-state index contributed by atoms with van der Waals surface area (Å²) in [6.07, 6.45) is 22.9. The van der Waals surface area contributed by atoms with E-state index in [9.17, 15) is 0 Å². The minimum atomic E-state index is -0.0182. The van der Waals surface area contributed by atoms with Crippen molar-refractivity contribution in [3.63, 3.8) is 0 Å². The molecule has 0 aromatic heterocycles. The van der Waals surface area contributed by atoms with Crippen molar-refractivity contribution in [2.45, 2.75) is 115 Å². The SMILES string of the molecule is CCCCN(C)P(CN(C)CP(C1CCCCC1)N(C)CCCC)C1CCCCC1. The Hall–Kier alpha value is 0.740. The zero-order valence-corrected chi connectivity index (χ0v) is 22.9. The molecule has 2 aliphatic carbocycles. The first-order valence-corrected chi connectivity index (χ1v) is 16.3. The summed E-state index contributed by atoms with van der Waals surface area (Å²) in [5.41, 5.74) is 1.97. The van der Waals surface area contributed by atoms with E-state index in [1.54, 1.807) is 0 Å². The van der Waals surface area contributed by atoms with Gasteiger partial charge in [-0.3, -0.25) is 14.2 Å². The Morgan fingerprint density at radius 2 is 0.967 bits per heavy atom. The Kier molecular flexibility index (Phi) is 14.0. The third-order valence-corrected chi connectivity index (χ3v) is 13.7. The van der Waals surface area contributed by atoms with E-state index in [1.165, 1.54) is 116 Å². The Morgan fingerprint density at radius 1 is 0.600 bits per heavy atom. The molecule has 2 rings (SSSR count). The van der Waals surface area contributed by atoms with Crippen molar-refractivity contribution >= 4 is 16.1 Å². The largest absolute Gasteiger partial charge is 0.296 e. The van der Waals surface area contributed by atoms with Crippen LogP contribution < -0.4 is 0 Å². The lowest BCUT2D eigenvalue weighted by Crippen LogP contribution is -2.33. The molecule has 0 aromatic rings. The van der Waals surface area contributed by atoms with Crippen LogP contribution in [0.4, 0.5) is 0 Å². The fourth-order valence-corrected chi connectivity index (χ4v) is 11.4. The minimum absolute atomic E-state index is 0.0182. The van der Waals surface area contributed by atoms with E-state index in [2.05, 4.69) is 49.2 Å².